The highest BCUT2D eigenvalue weighted by molar-refractivity contribution is 5.96. The molecule has 0 amide bonds. The zero-order valence-electron chi connectivity index (χ0n) is 11.5. The molecule has 0 atom stereocenters. The molecule has 0 aromatic carbocycles. The first-order chi connectivity index (χ1) is 8.90. The van der Waals surface area contributed by atoms with E-state index in [9.17, 15) is 14.9 Å². The van der Waals surface area contributed by atoms with Gasteiger partial charge in [0.05, 0.1) is 23.4 Å². The van der Waals surface area contributed by atoms with Crippen LogP contribution in [-0.4, -0.2) is 66.3 Å². The number of hydrogen-bond donors (Lipinski definition) is 1. The molecule has 0 fully saturated rings. The minimum atomic E-state index is -0.520. The van der Waals surface area contributed by atoms with Crippen molar-refractivity contribution in [3.8, 4) is 0 Å². The molecular weight excluding hydrogens is 248 g/mol. The van der Waals surface area contributed by atoms with E-state index in [1.165, 1.54) is 12.3 Å². The Morgan fingerprint density at radius 3 is 2.58 bits per heavy atom. The van der Waals surface area contributed by atoms with Crippen molar-refractivity contribution < 1.29 is 9.72 Å². The molecule has 7 heteroatoms. The number of H-pyrrole nitrogens is 1. The minimum absolute atomic E-state index is 0.0846. The van der Waals surface area contributed by atoms with Crippen LogP contribution in [0.15, 0.2) is 12.3 Å². The van der Waals surface area contributed by atoms with Crippen molar-refractivity contribution in [3.05, 3.63) is 28.1 Å². The van der Waals surface area contributed by atoms with Crippen LogP contribution < -0.4 is 0 Å². The first-order valence-electron chi connectivity index (χ1n) is 6.09. The number of nitrogens with one attached hydrogen (secondary N) is 1. The van der Waals surface area contributed by atoms with E-state index >= 15 is 0 Å². The van der Waals surface area contributed by atoms with Crippen molar-refractivity contribution in [3.63, 3.8) is 0 Å². The van der Waals surface area contributed by atoms with E-state index in [4.69, 9.17) is 0 Å². The molecule has 1 aromatic rings. The molecule has 1 aromatic heterocycles. The van der Waals surface area contributed by atoms with Crippen LogP contribution in [0.5, 0.6) is 0 Å². The van der Waals surface area contributed by atoms with Gasteiger partial charge in [-0.15, -0.1) is 0 Å². The van der Waals surface area contributed by atoms with E-state index < -0.39 is 4.92 Å². The Morgan fingerprint density at radius 1 is 1.37 bits per heavy atom. The van der Waals surface area contributed by atoms with Crippen LogP contribution in [0.4, 0.5) is 5.69 Å². The Morgan fingerprint density at radius 2 is 2.05 bits per heavy atom. The molecular formula is C12H20N4O3. The van der Waals surface area contributed by atoms with Gasteiger partial charge >= 0.3 is 0 Å². The van der Waals surface area contributed by atoms with E-state index in [0.717, 1.165) is 19.5 Å². The van der Waals surface area contributed by atoms with Crippen molar-refractivity contribution >= 4 is 11.5 Å². The van der Waals surface area contributed by atoms with Gasteiger partial charge in [0, 0.05) is 6.07 Å². The number of Topliss-reactive ketones (excluding diaryl/α,β-unsaturated/α-hetero) is 1. The molecule has 0 spiro atoms. The molecule has 1 rings (SSSR count). The summed E-state index contributed by atoms with van der Waals surface area (Å²) < 4.78 is 0. The Labute approximate surface area is 112 Å². The molecule has 106 valence electrons. The van der Waals surface area contributed by atoms with Gasteiger partial charge in [-0.25, -0.2) is 0 Å². The van der Waals surface area contributed by atoms with Gasteiger partial charge in [0.25, 0.3) is 5.69 Å². The number of likely N-dealkylation sites (N-methyl/N-ethyl adjacent to an activating group) is 1. The molecule has 1 N–H and O–H groups in total. The van der Waals surface area contributed by atoms with Gasteiger partial charge in [-0.2, -0.15) is 0 Å². The highest BCUT2D eigenvalue weighted by atomic mass is 16.6. The number of nitro groups is 1. The topological polar surface area (TPSA) is 82.5 Å². The second-order valence-corrected chi connectivity index (χ2v) is 4.85. The SMILES string of the molecule is CN(C)CCCN(C)CC(=O)c1cc([N+](=O)[O-])c[nH]1. The van der Waals surface area contributed by atoms with Gasteiger partial charge in [-0.3, -0.25) is 19.8 Å². The van der Waals surface area contributed by atoms with E-state index in [0.29, 0.717) is 0 Å². The van der Waals surface area contributed by atoms with Crippen LogP contribution in [0.3, 0.4) is 0 Å². The number of carbonyl (C=O) groups excluding carboxylic acids is 1. The standard InChI is InChI=1S/C12H20N4O3/c1-14(2)5-4-6-15(3)9-12(17)11-7-10(8-13-11)16(18)19/h7-8,13H,4-6,9H2,1-3H3. The Hall–Kier alpha value is -1.73. The van der Waals surface area contributed by atoms with Gasteiger partial charge in [0.15, 0.2) is 5.78 Å². The number of aromatic amines is 1. The molecule has 0 bridgehead atoms. The molecule has 0 aliphatic heterocycles. The third kappa shape index (κ3) is 5.19. The first-order valence-corrected chi connectivity index (χ1v) is 6.09. The van der Waals surface area contributed by atoms with Gasteiger partial charge in [0.1, 0.15) is 0 Å². The van der Waals surface area contributed by atoms with E-state index in [2.05, 4.69) is 9.88 Å². The summed E-state index contributed by atoms with van der Waals surface area (Å²) in [7, 11) is 5.87. The molecule has 0 unspecified atom stereocenters. The Kier molecular flexibility index (Phi) is 5.65. The second kappa shape index (κ2) is 7.01. The third-order valence-electron chi connectivity index (χ3n) is 2.74. The smallest absolute Gasteiger partial charge is 0.287 e. The molecule has 0 saturated heterocycles. The van der Waals surface area contributed by atoms with Gasteiger partial charge in [-0.1, -0.05) is 0 Å². The van der Waals surface area contributed by atoms with Crippen molar-refractivity contribution in [2.75, 3.05) is 40.8 Å². The fraction of sp³-hybridized carbons (Fsp3) is 0.583. The Balaban J connectivity index is 2.42. The minimum Gasteiger partial charge on any atom is -0.353 e. The van der Waals surface area contributed by atoms with Crippen molar-refractivity contribution in [1.29, 1.82) is 0 Å². The summed E-state index contributed by atoms with van der Waals surface area (Å²) in [5, 5.41) is 10.5. The highest BCUT2D eigenvalue weighted by Crippen LogP contribution is 2.12. The van der Waals surface area contributed by atoms with Crippen molar-refractivity contribution in [1.82, 2.24) is 14.8 Å². The number of hydrogen-bond acceptors (Lipinski definition) is 5. The zero-order valence-corrected chi connectivity index (χ0v) is 11.5. The molecule has 19 heavy (non-hydrogen) atoms. The summed E-state index contributed by atoms with van der Waals surface area (Å²) in [6.45, 7) is 2.03. The molecule has 0 aliphatic carbocycles. The molecule has 7 nitrogen and oxygen atoms in total. The number of ketones is 1. The predicted molar refractivity (Wildman–Crippen MR) is 72.4 cm³/mol. The normalized spacial score (nSPS) is 11.2. The number of nitrogens with zero attached hydrogens (tertiary/aromatic N) is 3. The summed E-state index contributed by atoms with van der Waals surface area (Å²) in [4.78, 5) is 28.5. The van der Waals surface area contributed by atoms with Crippen LogP contribution >= 0.6 is 0 Å². The van der Waals surface area contributed by atoms with Gasteiger partial charge in [0.2, 0.25) is 0 Å². The lowest BCUT2D eigenvalue weighted by Gasteiger charge is -2.16. The van der Waals surface area contributed by atoms with Gasteiger partial charge < -0.3 is 9.88 Å². The number of rotatable bonds is 8. The van der Waals surface area contributed by atoms with E-state index in [-0.39, 0.29) is 23.7 Å². The van der Waals surface area contributed by atoms with Crippen molar-refractivity contribution in [2.45, 2.75) is 6.42 Å². The first kappa shape index (κ1) is 15.3. The number of aromatic nitrogens is 1. The second-order valence-electron chi connectivity index (χ2n) is 4.85. The lowest BCUT2D eigenvalue weighted by atomic mass is 10.2. The fourth-order valence-electron chi connectivity index (χ4n) is 1.72. The molecule has 0 radical (unpaired) electrons. The molecule has 0 saturated carbocycles. The summed E-state index contributed by atoms with van der Waals surface area (Å²) in [6, 6.07) is 1.27. The maximum absolute atomic E-state index is 11.9. The van der Waals surface area contributed by atoms with Crippen LogP contribution in [0.1, 0.15) is 16.9 Å². The third-order valence-corrected chi connectivity index (χ3v) is 2.74. The van der Waals surface area contributed by atoms with Crippen LogP contribution in [0, 0.1) is 10.1 Å². The number of carbonyl (C=O) groups is 1. The van der Waals surface area contributed by atoms with Gasteiger partial charge in [-0.05, 0) is 40.7 Å². The Bertz CT molecular complexity index is 442. The summed E-state index contributed by atoms with van der Waals surface area (Å²) in [5.74, 6) is -0.138. The lowest BCUT2D eigenvalue weighted by molar-refractivity contribution is -0.384. The van der Waals surface area contributed by atoms with Crippen LogP contribution in [0.2, 0.25) is 0 Å². The van der Waals surface area contributed by atoms with Crippen LogP contribution in [-0.2, 0) is 0 Å². The fourth-order valence-corrected chi connectivity index (χ4v) is 1.72. The predicted octanol–water partition coefficient (Wildman–Crippen LogP) is 0.989. The lowest BCUT2D eigenvalue weighted by Crippen LogP contribution is -2.29. The summed E-state index contributed by atoms with van der Waals surface area (Å²) >= 11 is 0. The molecule has 1 heterocycles. The summed E-state index contributed by atoms with van der Waals surface area (Å²) in [6.07, 6.45) is 2.21. The summed E-state index contributed by atoms with van der Waals surface area (Å²) in [5.41, 5.74) is 0.199. The maximum Gasteiger partial charge on any atom is 0.287 e. The zero-order chi connectivity index (χ0) is 14.4. The quantitative estimate of drug-likeness (QED) is 0.432. The van der Waals surface area contributed by atoms with Crippen molar-refractivity contribution in [2.24, 2.45) is 0 Å². The molecule has 0 aliphatic rings. The maximum atomic E-state index is 11.9. The van der Waals surface area contributed by atoms with E-state index in [1.807, 2.05) is 26.0 Å². The average molecular weight is 268 g/mol. The highest BCUT2D eigenvalue weighted by Gasteiger charge is 2.15. The average Bonchev–Trinajstić information content (AvgIpc) is 2.77. The largest absolute Gasteiger partial charge is 0.353 e. The van der Waals surface area contributed by atoms with E-state index in [1.54, 1.807) is 0 Å². The monoisotopic (exact) mass is 268 g/mol. The van der Waals surface area contributed by atoms with Crippen LogP contribution in [0.25, 0.3) is 0 Å².